The smallest absolute Gasteiger partial charge is 0.416 e. The van der Waals surface area contributed by atoms with Gasteiger partial charge in [-0.25, -0.2) is 4.98 Å². The maximum absolute atomic E-state index is 12.7. The molecule has 0 amide bonds. The first-order valence-electron chi connectivity index (χ1n) is 9.01. The van der Waals surface area contributed by atoms with Crippen molar-refractivity contribution in [2.24, 2.45) is 0 Å². The molecule has 0 aliphatic carbocycles. The van der Waals surface area contributed by atoms with Crippen LogP contribution in [0.3, 0.4) is 0 Å². The molecule has 4 nitrogen and oxygen atoms in total. The zero-order valence-electron chi connectivity index (χ0n) is 16.0. The highest BCUT2D eigenvalue weighted by Gasteiger charge is 2.30. The van der Waals surface area contributed by atoms with E-state index in [2.05, 4.69) is 4.98 Å². The van der Waals surface area contributed by atoms with E-state index in [1.165, 1.54) is 29.7 Å². The van der Waals surface area contributed by atoms with Gasteiger partial charge in [-0.1, -0.05) is 12.1 Å². The standard InChI is InChI=1S/C22H16F3NO3S/c1-12-10-29-18-9-16(7-8-17(18)20(12)27)28-11-19-13(2)26-21(30-19)14-3-5-15(6-4-14)22(23,24)25/h3-10H,11H2,1-2H3. The molecule has 0 aliphatic heterocycles. The van der Waals surface area contributed by atoms with E-state index in [4.69, 9.17) is 9.15 Å². The van der Waals surface area contributed by atoms with Crippen LogP contribution in [0.25, 0.3) is 21.5 Å². The van der Waals surface area contributed by atoms with E-state index in [0.29, 0.717) is 32.9 Å². The van der Waals surface area contributed by atoms with E-state index in [9.17, 15) is 18.0 Å². The lowest BCUT2D eigenvalue weighted by atomic mass is 10.1. The predicted octanol–water partition coefficient (Wildman–Crippen LogP) is 6.13. The fourth-order valence-corrected chi connectivity index (χ4v) is 3.91. The molecule has 2 heterocycles. The molecule has 0 atom stereocenters. The number of hydrogen-bond donors (Lipinski definition) is 0. The number of hydrogen-bond acceptors (Lipinski definition) is 5. The lowest BCUT2D eigenvalue weighted by Gasteiger charge is -2.06. The second-order valence-corrected chi connectivity index (χ2v) is 7.88. The molecular formula is C22H16F3NO3S. The SMILES string of the molecule is Cc1nc(-c2ccc(C(F)(F)F)cc2)sc1COc1ccc2c(=O)c(C)coc2c1. The molecule has 2 aromatic heterocycles. The first-order chi connectivity index (χ1) is 14.2. The molecule has 2 aromatic carbocycles. The van der Waals surface area contributed by atoms with E-state index >= 15 is 0 Å². The third-order valence-electron chi connectivity index (χ3n) is 4.64. The second-order valence-electron chi connectivity index (χ2n) is 6.80. The minimum absolute atomic E-state index is 0.0812. The summed E-state index contributed by atoms with van der Waals surface area (Å²) in [5.41, 5.74) is 1.56. The number of nitrogens with zero attached hydrogens (tertiary/aromatic N) is 1. The summed E-state index contributed by atoms with van der Waals surface area (Å²) in [6.45, 7) is 3.76. The summed E-state index contributed by atoms with van der Waals surface area (Å²) in [4.78, 5) is 17.4. The Morgan fingerprint density at radius 3 is 2.53 bits per heavy atom. The van der Waals surface area contributed by atoms with Crippen molar-refractivity contribution in [1.82, 2.24) is 4.98 Å². The fraction of sp³-hybridized carbons (Fsp3) is 0.182. The highest BCUT2D eigenvalue weighted by atomic mass is 32.1. The Hall–Kier alpha value is -3.13. The number of aryl methyl sites for hydroxylation is 2. The fourth-order valence-electron chi connectivity index (χ4n) is 2.93. The topological polar surface area (TPSA) is 52.3 Å². The van der Waals surface area contributed by atoms with Crippen LogP contribution in [0.4, 0.5) is 13.2 Å². The minimum atomic E-state index is -4.37. The maximum Gasteiger partial charge on any atom is 0.416 e. The number of halogens is 3. The van der Waals surface area contributed by atoms with Crippen molar-refractivity contribution in [1.29, 1.82) is 0 Å². The highest BCUT2D eigenvalue weighted by molar-refractivity contribution is 7.15. The molecular weight excluding hydrogens is 415 g/mol. The van der Waals surface area contributed by atoms with Crippen molar-refractivity contribution in [3.05, 3.63) is 80.6 Å². The Kier molecular flexibility index (Phi) is 5.11. The van der Waals surface area contributed by atoms with Gasteiger partial charge >= 0.3 is 6.18 Å². The molecule has 4 rings (SSSR count). The lowest BCUT2D eigenvalue weighted by Crippen LogP contribution is -2.04. The summed E-state index contributed by atoms with van der Waals surface area (Å²) in [6.07, 6.45) is -2.95. The van der Waals surface area contributed by atoms with Gasteiger partial charge in [0.25, 0.3) is 0 Å². The van der Waals surface area contributed by atoms with Crippen LogP contribution in [0.15, 0.2) is 57.9 Å². The minimum Gasteiger partial charge on any atom is -0.488 e. The second kappa shape index (κ2) is 7.60. The molecule has 0 radical (unpaired) electrons. The lowest BCUT2D eigenvalue weighted by molar-refractivity contribution is -0.137. The molecule has 0 fully saturated rings. The van der Waals surface area contributed by atoms with Gasteiger partial charge in [-0.15, -0.1) is 11.3 Å². The van der Waals surface area contributed by atoms with Crippen molar-refractivity contribution >= 4 is 22.3 Å². The van der Waals surface area contributed by atoms with E-state index in [1.807, 2.05) is 6.92 Å². The van der Waals surface area contributed by atoms with Crippen molar-refractivity contribution in [2.75, 3.05) is 0 Å². The number of aromatic nitrogens is 1. The number of ether oxygens (including phenoxy) is 1. The van der Waals surface area contributed by atoms with Gasteiger partial charge < -0.3 is 9.15 Å². The molecule has 0 saturated carbocycles. The van der Waals surface area contributed by atoms with Gasteiger partial charge in [-0.05, 0) is 38.1 Å². The van der Waals surface area contributed by atoms with Crippen LogP contribution in [0.5, 0.6) is 5.75 Å². The summed E-state index contributed by atoms with van der Waals surface area (Å²) in [5.74, 6) is 0.540. The molecule has 0 unspecified atom stereocenters. The molecule has 0 N–H and O–H groups in total. The van der Waals surface area contributed by atoms with Crippen molar-refractivity contribution in [3.63, 3.8) is 0 Å². The van der Waals surface area contributed by atoms with Crippen LogP contribution in [0, 0.1) is 13.8 Å². The Morgan fingerprint density at radius 1 is 1.10 bits per heavy atom. The molecule has 30 heavy (non-hydrogen) atoms. The van der Waals surface area contributed by atoms with E-state index < -0.39 is 11.7 Å². The van der Waals surface area contributed by atoms with Gasteiger partial charge in [-0.3, -0.25) is 4.79 Å². The Labute approximate surface area is 173 Å². The van der Waals surface area contributed by atoms with Gasteiger partial charge in [0.05, 0.1) is 27.8 Å². The third kappa shape index (κ3) is 3.95. The van der Waals surface area contributed by atoms with Crippen LogP contribution < -0.4 is 10.2 Å². The Bertz CT molecular complexity index is 1270. The predicted molar refractivity (Wildman–Crippen MR) is 109 cm³/mol. The number of alkyl halides is 3. The van der Waals surface area contributed by atoms with E-state index in [-0.39, 0.29) is 12.0 Å². The van der Waals surface area contributed by atoms with Crippen LogP contribution in [0.2, 0.25) is 0 Å². The first-order valence-corrected chi connectivity index (χ1v) is 9.83. The maximum atomic E-state index is 12.7. The zero-order valence-corrected chi connectivity index (χ0v) is 16.9. The zero-order chi connectivity index (χ0) is 21.5. The van der Waals surface area contributed by atoms with E-state index in [1.54, 1.807) is 25.1 Å². The van der Waals surface area contributed by atoms with Crippen LogP contribution in [-0.2, 0) is 12.8 Å². The molecule has 0 bridgehead atoms. The molecule has 4 aromatic rings. The van der Waals surface area contributed by atoms with Crippen LogP contribution in [-0.4, -0.2) is 4.98 Å². The Morgan fingerprint density at radius 2 is 1.83 bits per heavy atom. The average Bonchev–Trinajstić information content (AvgIpc) is 3.09. The number of rotatable bonds is 4. The van der Waals surface area contributed by atoms with Gasteiger partial charge in [0.15, 0.2) is 5.43 Å². The number of thiazole rings is 1. The molecule has 8 heteroatoms. The third-order valence-corrected chi connectivity index (χ3v) is 5.82. The van der Waals surface area contributed by atoms with Gasteiger partial charge in [0.2, 0.25) is 0 Å². The number of benzene rings is 2. The summed E-state index contributed by atoms with van der Waals surface area (Å²) < 4.78 is 49.5. The molecule has 0 spiro atoms. The summed E-state index contributed by atoms with van der Waals surface area (Å²) in [7, 11) is 0. The van der Waals surface area contributed by atoms with Gasteiger partial charge in [-0.2, -0.15) is 13.2 Å². The van der Waals surface area contributed by atoms with Crippen LogP contribution >= 0.6 is 11.3 Å². The van der Waals surface area contributed by atoms with Crippen molar-refractivity contribution in [3.8, 4) is 16.3 Å². The summed E-state index contributed by atoms with van der Waals surface area (Å²) >= 11 is 1.36. The molecule has 0 saturated heterocycles. The van der Waals surface area contributed by atoms with Crippen molar-refractivity contribution < 1.29 is 22.3 Å². The molecule has 0 aliphatic rings. The van der Waals surface area contributed by atoms with Gasteiger partial charge in [0.1, 0.15) is 22.9 Å². The quantitative estimate of drug-likeness (QED) is 0.390. The monoisotopic (exact) mass is 431 g/mol. The van der Waals surface area contributed by atoms with E-state index in [0.717, 1.165) is 22.7 Å². The summed E-state index contributed by atoms with van der Waals surface area (Å²) in [6, 6.07) is 9.95. The van der Waals surface area contributed by atoms with Gasteiger partial charge in [0, 0.05) is 17.2 Å². The first kappa shape index (κ1) is 20.2. The largest absolute Gasteiger partial charge is 0.488 e. The van der Waals surface area contributed by atoms with Crippen LogP contribution in [0.1, 0.15) is 21.7 Å². The molecule has 154 valence electrons. The number of fused-ring (bicyclic) bond motifs is 1. The highest BCUT2D eigenvalue weighted by Crippen LogP contribution is 2.33. The Balaban J connectivity index is 1.52. The normalized spacial score (nSPS) is 11.8. The summed E-state index contributed by atoms with van der Waals surface area (Å²) in [5, 5.41) is 1.11. The van der Waals surface area contributed by atoms with Crippen molar-refractivity contribution in [2.45, 2.75) is 26.6 Å². The average molecular weight is 431 g/mol.